The van der Waals surface area contributed by atoms with E-state index in [0.29, 0.717) is 5.76 Å². The standard InChI is InChI=1S/C12H11F2N3O2/c1-7-4-11(17-19-7)16-12(18)6-15-10-5-8(13)2-3-9(10)14/h2-5,15H,6H2,1H3,(H,16,17,18). The predicted molar refractivity (Wildman–Crippen MR) is 64.7 cm³/mol. The average Bonchev–Trinajstić information content (AvgIpc) is 2.76. The zero-order chi connectivity index (χ0) is 13.8. The molecule has 0 bridgehead atoms. The van der Waals surface area contributed by atoms with E-state index in [2.05, 4.69) is 15.8 Å². The van der Waals surface area contributed by atoms with Crippen molar-refractivity contribution >= 4 is 17.4 Å². The van der Waals surface area contributed by atoms with E-state index in [1.807, 2.05) is 0 Å². The molecule has 0 saturated carbocycles. The highest BCUT2D eigenvalue weighted by atomic mass is 19.1. The molecule has 2 rings (SSSR count). The first-order valence-electron chi connectivity index (χ1n) is 5.46. The summed E-state index contributed by atoms with van der Waals surface area (Å²) in [6, 6.07) is 4.50. The molecule has 5 nitrogen and oxygen atoms in total. The highest BCUT2D eigenvalue weighted by Crippen LogP contribution is 2.15. The quantitative estimate of drug-likeness (QED) is 0.892. The molecule has 0 aliphatic rings. The van der Waals surface area contributed by atoms with Gasteiger partial charge in [-0.3, -0.25) is 4.79 Å². The number of benzene rings is 1. The maximum Gasteiger partial charge on any atom is 0.244 e. The molecule has 0 atom stereocenters. The number of rotatable bonds is 4. The largest absolute Gasteiger partial charge is 0.374 e. The lowest BCUT2D eigenvalue weighted by Gasteiger charge is -2.07. The van der Waals surface area contributed by atoms with Crippen molar-refractivity contribution < 1.29 is 18.1 Å². The fourth-order valence-corrected chi connectivity index (χ4v) is 1.42. The zero-order valence-electron chi connectivity index (χ0n) is 10.0. The second-order valence-corrected chi connectivity index (χ2v) is 3.85. The number of hydrogen-bond acceptors (Lipinski definition) is 4. The first kappa shape index (κ1) is 13.0. The second-order valence-electron chi connectivity index (χ2n) is 3.85. The van der Waals surface area contributed by atoms with E-state index in [1.165, 1.54) is 0 Å². The first-order valence-corrected chi connectivity index (χ1v) is 5.46. The van der Waals surface area contributed by atoms with Crippen LogP contribution in [0, 0.1) is 18.6 Å². The van der Waals surface area contributed by atoms with Crippen LogP contribution in [0.4, 0.5) is 20.3 Å². The van der Waals surface area contributed by atoms with Crippen LogP contribution in [0.3, 0.4) is 0 Å². The monoisotopic (exact) mass is 267 g/mol. The van der Waals surface area contributed by atoms with Gasteiger partial charge in [0.2, 0.25) is 5.91 Å². The minimum atomic E-state index is -0.633. The van der Waals surface area contributed by atoms with Crippen molar-refractivity contribution in [3.63, 3.8) is 0 Å². The smallest absolute Gasteiger partial charge is 0.244 e. The maximum absolute atomic E-state index is 13.3. The predicted octanol–water partition coefficient (Wildman–Crippen LogP) is 2.31. The van der Waals surface area contributed by atoms with E-state index in [9.17, 15) is 13.6 Å². The van der Waals surface area contributed by atoms with Gasteiger partial charge in [-0.1, -0.05) is 5.16 Å². The van der Waals surface area contributed by atoms with Gasteiger partial charge in [0.25, 0.3) is 0 Å². The Bertz CT molecular complexity index is 598. The van der Waals surface area contributed by atoms with Crippen LogP contribution in [0.2, 0.25) is 0 Å². The van der Waals surface area contributed by atoms with E-state index in [4.69, 9.17) is 4.52 Å². The molecule has 1 heterocycles. The molecular weight excluding hydrogens is 256 g/mol. The molecule has 0 aliphatic carbocycles. The Morgan fingerprint density at radius 1 is 1.37 bits per heavy atom. The van der Waals surface area contributed by atoms with Crippen LogP contribution in [0.15, 0.2) is 28.8 Å². The summed E-state index contributed by atoms with van der Waals surface area (Å²) < 4.78 is 30.9. The number of nitrogens with zero attached hydrogens (tertiary/aromatic N) is 1. The van der Waals surface area contributed by atoms with Crippen LogP contribution < -0.4 is 10.6 Å². The van der Waals surface area contributed by atoms with E-state index in [-0.39, 0.29) is 18.1 Å². The summed E-state index contributed by atoms with van der Waals surface area (Å²) in [6.07, 6.45) is 0. The van der Waals surface area contributed by atoms with Crippen molar-refractivity contribution in [3.05, 3.63) is 41.7 Å². The molecule has 0 fully saturated rings. The fraction of sp³-hybridized carbons (Fsp3) is 0.167. The van der Waals surface area contributed by atoms with Crippen molar-refractivity contribution in [2.45, 2.75) is 6.92 Å². The number of carbonyl (C=O) groups excluding carboxylic acids is 1. The molecule has 1 amide bonds. The van der Waals surface area contributed by atoms with Gasteiger partial charge >= 0.3 is 0 Å². The molecule has 2 aromatic rings. The van der Waals surface area contributed by atoms with Crippen LogP contribution in [0.25, 0.3) is 0 Å². The van der Waals surface area contributed by atoms with Gasteiger partial charge < -0.3 is 15.2 Å². The van der Waals surface area contributed by atoms with Crippen LogP contribution in [0.1, 0.15) is 5.76 Å². The van der Waals surface area contributed by atoms with Gasteiger partial charge in [-0.15, -0.1) is 0 Å². The van der Waals surface area contributed by atoms with Crippen LogP contribution in [0.5, 0.6) is 0 Å². The van der Waals surface area contributed by atoms with E-state index in [1.54, 1.807) is 13.0 Å². The van der Waals surface area contributed by atoms with Gasteiger partial charge in [0.15, 0.2) is 5.82 Å². The molecule has 0 spiro atoms. The Labute approximate surface area is 107 Å². The number of aromatic nitrogens is 1. The first-order chi connectivity index (χ1) is 9.04. The summed E-state index contributed by atoms with van der Waals surface area (Å²) in [5.74, 6) is -0.844. The number of nitrogens with one attached hydrogen (secondary N) is 2. The highest BCUT2D eigenvalue weighted by molar-refractivity contribution is 5.92. The van der Waals surface area contributed by atoms with Gasteiger partial charge in [0.1, 0.15) is 17.4 Å². The van der Waals surface area contributed by atoms with Crippen molar-refractivity contribution in [1.82, 2.24) is 5.16 Å². The number of halogens is 2. The minimum absolute atomic E-state index is 0.0773. The molecule has 100 valence electrons. The maximum atomic E-state index is 13.3. The molecule has 0 radical (unpaired) electrons. The summed E-state index contributed by atoms with van der Waals surface area (Å²) in [4.78, 5) is 11.5. The molecule has 2 N–H and O–H groups in total. The summed E-state index contributed by atoms with van der Waals surface area (Å²) in [5.41, 5.74) is -0.0773. The summed E-state index contributed by atoms with van der Waals surface area (Å²) in [5, 5.41) is 8.51. The fourth-order valence-electron chi connectivity index (χ4n) is 1.42. The van der Waals surface area contributed by atoms with Gasteiger partial charge in [-0.2, -0.15) is 0 Å². The Hall–Kier alpha value is -2.44. The Morgan fingerprint density at radius 2 is 2.16 bits per heavy atom. The third-order valence-corrected chi connectivity index (χ3v) is 2.26. The Morgan fingerprint density at radius 3 is 2.84 bits per heavy atom. The zero-order valence-corrected chi connectivity index (χ0v) is 10.0. The van der Waals surface area contributed by atoms with Crippen molar-refractivity contribution in [3.8, 4) is 0 Å². The minimum Gasteiger partial charge on any atom is -0.374 e. The van der Waals surface area contributed by atoms with Gasteiger partial charge in [-0.05, 0) is 25.1 Å². The summed E-state index contributed by atoms with van der Waals surface area (Å²) in [6.45, 7) is 1.47. The van der Waals surface area contributed by atoms with Crippen molar-refractivity contribution in [2.24, 2.45) is 0 Å². The lowest BCUT2D eigenvalue weighted by atomic mass is 10.3. The molecular formula is C12H11F2N3O2. The number of hydrogen-bond donors (Lipinski definition) is 2. The van der Waals surface area contributed by atoms with Gasteiger partial charge in [-0.25, -0.2) is 8.78 Å². The number of amides is 1. The molecule has 1 aromatic carbocycles. The second kappa shape index (κ2) is 5.47. The van der Waals surface area contributed by atoms with E-state index >= 15 is 0 Å². The SMILES string of the molecule is Cc1cc(NC(=O)CNc2cc(F)ccc2F)no1. The third-order valence-electron chi connectivity index (χ3n) is 2.26. The topological polar surface area (TPSA) is 67.2 Å². The van der Waals surface area contributed by atoms with Gasteiger partial charge in [0.05, 0.1) is 12.2 Å². The van der Waals surface area contributed by atoms with Gasteiger partial charge in [0, 0.05) is 6.07 Å². The Kier molecular flexibility index (Phi) is 3.74. The summed E-state index contributed by atoms with van der Waals surface area (Å²) in [7, 11) is 0. The van der Waals surface area contributed by atoms with Crippen LogP contribution in [-0.4, -0.2) is 17.6 Å². The van der Waals surface area contributed by atoms with Crippen molar-refractivity contribution in [2.75, 3.05) is 17.2 Å². The number of anilines is 2. The normalized spacial score (nSPS) is 10.3. The number of carbonyl (C=O) groups is 1. The number of aryl methyl sites for hydroxylation is 1. The molecule has 0 aliphatic heterocycles. The molecule has 1 aromatic heterocycles. The molecule has 0 saturated heterocycles. The Balaban J connectivity index is 1.91. The third kappa shape index (κ3) is 3.51. The molecule has 19 heavy (non-hydrogen) atoms. The lowest BCUT2D eigenvalue weighted by Crippen LogP contribution is -2.22. The molecule has 0 unspecified atom stereocenters. The van der Waals surface area contributed by atoms with Crippen LogP contribution in [-0.2, 0) is 4.79 Å². The van der Waals surface area contributed by atoms with E-state index in [0.717, 1.165) is 18.2 Å². The van der Waals surface area contributed by atoms with Crippen molar-refractivity contribution in [1.29, 1.82) is 0 Å². The lowest BCUT2D eigenvalue weighted by molar-refractivity contribution is -0.114. The highest BCUT2D eigenvalue weighted by Gasteiger charge is 2.08. The summed E-state index contributed by atoms with van der Waals surface area (Å²) >= 11 is 0. The van der Waals surface area contributed by atoms with E-state index < -0.39 is 17.5 Å². The van der Waals surface area contributed by atoms with Crippen LogP contribution >= 0.6 is 0 Å². The molecule has 7 heteroatoms. The average molecular weight is 267 g/mol.